The smallest absolute Gasteiger partial charge is 0.475 e. The van der Waals surface area contributed by atoms with Gasteiger partial charge in [-0.05, 0) is 59.2 Å². The molecule has 1 aliphatic heterocycles. The van der Waals surface area contributed by atoms with Gasteiger partial charge in [0.15, 0.2) is 0 Å². The van der Waals surface area contributed by atoms with Crippen molar-refractivity contribution in [1.82, 2.24) is 19.9 Å². The van der Waals surface area contributed by atoms with E-state index in [1.807, 2.05) is 24.5 Å². The molecule has 1 fully saturated rings. The van der Waals surface area contributed by atoms with E-state index in [4.69, 9.17) is 9.90 Å². The second kappa shape index (κ2) is 12.4. The van der Waals surface area contributed by atoms with Crippen molar-refractivity contribution in [2.45, 2.75) is 12.7 Å². The van der Waals surface area contributed by atoms with Gasteiger partial charge in [0.2, 0.25) is 0 Å². The number of benzene rings is 3. The molecule has 216 valence electrons. The summed E-state index contributed by atoms with van der Waals surface area (Å²) >= 11 is 0. The lowest BCUT2D eigenvalue weighted by molar-refractivity contribution is -0.192. The maximum atomic E-state index is 13.6. The quantitative estimate of drug-likeness (QED) is 0.236. The van der Waals surface area contributed by atoms with E-state index in [9.17, 15) is 17.6 Å². The molecule has 3 aromatic carbocycles. The number of aromatic nitrogens is 3. The molecule has 6 rings (SSSR count). The number of hydrogen-bond acceptors (Lipinski definition) is 5. The van der Waals surface area contributed by atoms with Gasteiger partial charge >= 0.3 is 12.1 Å². The fourth-order valence-electron chi connectivity index (χ4n) is 4.79. The molecule has 1 aliphatic rings. The Kier molecular flexibility index (Phi) is 8.48. The van der Waals surface area contributed by atoms with Crippen LogP contribution in [0.4, 0.5) is 23.2 Å². The van der Waals surface area contributed by atoms with E-state index in [-0.39, 0.29) is 5.82 Å². The van der Waals surface area contributed by atoms with Gasteiger partial charge in [0, 0.05) is 56.4 Å². The molecule has 2 N–H and O–H groups in total. The van der Waals surface area contributed by atoms with Gasteiger partial charge < -0.3 is 15.0 Å². The number of nitrogens with one attached hydrogen (secondary N) is 1. The predicted molar refractivity (Wildman–Crippen MR) is 152 cm³/mol. The normalized spacial score (nSPS) is 14.0. The highest BCUT2D eigenvalue weighted by Crippen LogP contribution is 2.28. The minimum Gasteiger partial charge on any atom is -0.475 e. The summed E-state index contributed by atoms with van der Waals surface area (Å²) in [4.78, 5) is 25.8. The zero-order valence-electron chi connectivity index (χ0n) is 22.4. The van der Waals surface area contributed by atoms with Crippen molar-refractivity contribution >= 4 is 22.7 Å². The average Bonchev–Trinajstić information content (AvgIpc) is 3.41. The number of anilines is 1. The third-order valence-corrected chi connectivity index (χ3v) is 6.89. The summed E-state index contributed by atoms with van der Waals surface area (Å²) in [6.45, 7) is 5.05. The fourth-order valence-corrected chi connectivity index (χ4v) is 4.79. The van der Waals surface area contributed by atoms with Gasteiger partial charge in [0.1, 0.15) is 11.6 Å². The van der Waals surface area contributed by atoms with Crippen LogP contribution in [0, 0.1) is 5.82 Å². The minimum atomic E-state index is -5.08. The molecule has 0 radical (unpaired) electrons. The predicted octanol–water partition coefficient (Wildman–Crippen LogP) is 6.39. The number of rotatable bonds is 5. The number of halogens is 4. The van der Waals surface area contributed by atoms with Gasteiger partial charge in [-0.1, -0.05) is 36.4 Å². The third-order valence-electron chi connectivity index (χ3n) is 6.89. The van der Waals surface area contributed by atoms with E-state index >= 15 is 0 Å². The Morgan fingerprint density at radius 3 is 2.19 bits per heavy atom. The molecule has 7 nitrogen and oxygen atoms in total. The Hall–Kier alpha value is -4.77. The van der Waals surface area contributed by atoms with Crippen molar-refractivity contribution in [3.8, 4) is 22.5 Å². The molecule has 0 amide bonds. The molecule has 0 unspecified atom stereocenters. The first-order chi connectivity index (χ1) is 20.2. The van der Waals surface area contributed by atoms with E-state index in [2.05, 4.69) is 73.3 Å². The number of pyridine rings is 1. The molecule has 0 bridgehead atoms. The lowest BCUT2D eigenvalue weighted by Crippen LogP contribution is -2.45. The molecule has 11 heteroatoms. The Balaban J connectivity index is 0.000000451. The van der Waals surface area contributed by atoms with Crippen molar-refractivity contribution in [2.24, 2.45) is 0 Å². The zero-order valence-corrected chi connectivity index (χ0v) is 22.4. The highest BCUT2D eigenvalue weighted by Gasteiger charge is 2.38. The van der Waals surface area contributed by atoms with Crippen LogP contribution in [0.25, 0.3) is 33.5 Å². The van der Waals surface area contributed by atoms with Crippen LogP contribution in [0.3, 0.4) is 0 Å². The Morgan fingerprint density at radius 1 is 0.857 bits per heavy atom. The van der Waals surface area contributed by atoms with Gasteiger partial charge in [0.05, 0.1) is 11.0 Å². The van der Waals surface area contributed by atoms with Crippen LogP contribution in [-0.2, 0) is 11.3 Å². The Labute approximate surface area is 239 Å². The number of H-pyrrole nitrogens is 1. The number of carboxylic acid groups (broad SMARTS) is 1. The second-order valence-electron chi connectivity index (χ2n) is 9.80. The number of hydrogen-bond donors (Lipinski definition) is 2. The van der Waals surface area contributed by atoms with Crippen LogP contribution < -0.4 is 4.90 Å². The largest absolute Gasteiger partial charge is 0.490 e. The monoisotopic (exact) mass is 577 g/mol. The summed E-state index contributed by atoms with van der Waals surface area (Å²) in [5.41, 5.74) is 7.33. The fraction of sp³-hybridized carbons (Fsp3) is 0.194. The third kappa shape index (κ3) is 7.10. The van der Waals surface area contributed by atoms with Crippen molar-refractivity contribution in [1.29, 1.82) is 0 Å². The number of nitrogens with zero attached hydrogens (tertiary/aromatic N) is 4. The highest BCUT2D eigenvalue weighted by atomic mass is 19.4. The molecule has 42 heavy (non-hydrogen) atoms. The standard InChI is InChI=1S/C29H26FN5.C2HF3O2/c30-25-7-8-27-28(19-25)33-29(32-27)24-6-2-5-23(18-24)22-4-1-3-21(17-22)20-34-13-15-35(16-14-34)26-9-11-31-12-10-26;3-2(4,5)1(6)7/h1-12,17-19H,13-16,20H2,(H,32,33);(H,6,7). The summed E-state index contributed by atoms with van der Waals surface area (Å²) in [5, 5.41) is 7.12. The summed E-state index contributed by atoms with van der Waals surface area (Å²) in [7, 11) is 0. The maximum Gasteiger partial charge on any atom is 0.490 e. The van der Waals surface area contributed by atoms with E-state index in [0.717, 1.165) is 55.2 Å². The van der Waals surface area contributed by atoms with Crippen molar-refractivity contribution in [2.75, 3.05) is 31.1 Å². The van der Waals surface area contributed by atoms with Crippen LogP contribution in [0.5, 0.6) is 0 Å². The molecule has 3 heterocycles. The zero-order chi connectivity index (χ0) is 29.7. The molecule has 0 aliphatic carbocycles. The molecule has 5 aromatic rings. The first-order valence-electron chi connectivity index (χ1n) is 13.2. The number of aromatic amines is 1. The van der Waals surface area contributed by atoms with Gasteiger partial charge in [-0.2, -0.15) is 13.2 Å². The van der Waals surface area contributed by atoms with Crippen molar-refractivity contribution < 1.29 is 27.5 Å². The van der Waals surface area contributed by atoms with Crippen molar-refractivity contribution in [3.05, 3.63) is 103 Å². The van der Waals surface area contributed by atoms with E-state index in [1.54, 1.807) is 6.07 Å². The highest BCUT2D eigenvalue weighted by molar-refractivity contribution is 5.80. The van der Waals surface area contributed by atoms with Crippen LogP contribution in [0.2, 0.25) is 0 Å². The molecule has 0 atom stereocenters. The number of carboxylic acids is 1. The van der Waals surface area contributed by atoms with Gasteiger partial charge in [-0.25, -0.2) is 14.2 Å². The molecule has 0 saturated carbocycles. The first-order valence-corrected chi connectivity index (χ1v) is 13.2. The van der Waals surface area contributed by atoms with E-state index < -0.39 is 12.1 Å². The lowest BCUT2D eigenvalue weighted by atomic mass is 10.0. The summed E-state index contributed by atoms with van der Waals surface area (Å²) < 4.78 is 45.3. The molecular formula is C31H27F4N5O2. The van der Waals surface area contributed by atoms with Crippen molar-refractivity contribution in [3.63, 3.8) is 0 Å². The topological polar surface area (TPSA) is 85.4 Å². The van der Waals surface area contributed by atoms with Crippen LogP contribution in [-0.4, -0.2) is 63.3 Å². The summed E-state index contributed by atoms with van der Waals surface area (Å²) in [6.07, 6.45) is -1.37. The molecular weight excluding hydrogens is 550 g/mol. The maximum absolute atomic E-state index is 13.6. The number of imidazole rings is 1. The Morgan fingerprint density at radius 2 is 1.50 bits per heavy atom. The number of alkyl halides is 3. The summed E-state index contributed by atoms with van der Waals surface area (Å²) in [6, 6.07) is 25.9. The molecule has 1 saturated heterocycles. The summed E-state index contributed by atoms with van der Waals surface area (Å²) in [5.74, 6) is -2.28. The Bertz CT molecular complexity index is 1670. The van der Waals surface area contributed by atoms with Crippen LogP contribution in [0.1, 0.15) is 5.56 Å². The van der Waals surface area contributed by atoms with Gasteiger partial charge in [-0.3, -0.25) is 9.88 Å². The second-order valence-corrected chi connectivity index (χ2v) is 9.80. The van der Waals surface area contributed by atoms with Gasteiger partial charge in [0.25, 0.3) is 0 Å². The SMILES string of the molecule is Fc1ccc2nc(-c3cccc(-c4cccc(CN5CCN(c6ccncc6)CC5)c4)c3)[nH]c2c1.O=C(O)C(F)(F)F. The molecule has 0 spiro atoms. The first kappa shape index (κ1) is 28.7. The average molecular weight is 578 g/mol. The van der Waals surface area contributed by atoms with E-state index in [0.29, 0.717) is 5.52 Å². The van der Waals surface area contributed by atoms with Crippen LogP contribution >= 0.6 is 0 Å². The minimum absolute atomic E-state index is 0.267. The van der Waals surface area contributed by atoms with E-state index in [1.165, 1.54) is 28.9 Å². The number of fused-ring (bicyclic) bond motifs is 1. The number of carbonyl (C=O) groups is 1. The molecule has 2 aromatic heterocycles. The lowest BCUT2D eigenvalue weighted by Gasteiger charge is -2.36. The van der Waals surface area contributed by atoms with Crippen LogP contribution in [0.15, 0.2) is 91.3 Å². The van der Waals surface area contributed by atoms with Gasteiger partial charge in [-0.15, -0.1) is 0 Å². The number of piperazine rings is 1. The number of aliphatic carboxylic acids is 1.